The number of nitrogens with two attached hydrogens (primary N) is 1. The third-order valence-corrected chi connectivity index (χ3v) is 4.43. The number of anilines is 1. The minimum absolute atomic E-state index is 0.0123. The summed E-state index contributed by atoms with van der Waals surface area (Å²) in [5.74, 6) is 0.778. The fourth-order valence-electron chi connectivity index (χ4n) is 2.89. The molecular formula is C15H21N3O3. The van der Waals surface area contributed by atoms with Gasteiger partial charge in [-0.05, 0) is 43.2 Å². The summed E-state index contributed by atoms with van der Waals surface area (Å²) in [5.41, 5.74) is 5.34. The molecule has 3 N–H and O–H groups in total. The summed E-state index contributed by atoms with van der Waals surface area (Å²) >= 11 is 0. The zero-order valence-electron chi connectivity index (χ0n) is 12.3. The van der Waals surface area contributed by atoms with Crippen molar-refractivity contribution >= 4 is 17.3 Å². The second-order valence-corrected chi connectivity index (χ2v) is 5.94. The largest absolute Gasteiger partial charge is 0.393 e. The number of nitro benzene ring substituents is 1. The Hall–Kier alpha value is -2.11. The number of carbonyl (C=O) groups excluding carboxylic acids is 1. The van der Waals surface area contributed by atoms with Crippen molar-refractivity contribution < 1.29 is 9.72 Å². The third kappa shape index (κ3) is 3.32. The van der Waals surface area contributed by atoms with Gasteiger partial charge in [-0.2, -0.15) is 0 Å². The van der Waals surface area contributed by atoms with Crippen LogP contribution in [0.3, 0.4) is 0 Å². The second kappa shape index (κ2) is 6.11. The number of benzene rings is 1. The Balaban J connectivity index is 2.14. The van der Waals surface area contributed by atoms with Crippen LogP contribution in [0.5, 0.6) is 0 Å². The molecule has 3 unspecified atom stereocenters. The van der Waals surface area contributed by atoms with E-state index >= 15 is 0 Å². The van der Waals surface area contributed by atoms with Crippen molar-refractivity contribution in [1.29, 1.82) is 0 Å². The first-order chi connectivity index (χ1) is 9.90. The number of nitro groups is 1. The van der Waals surface area contributed by atoms with Gasteiger partial charge in [0.15, 0.2) is 0 Å². The van der Waals surface area contributed by atoms with Gasteiger partial charge < -0.3 is 11.1 Å². The van der Waals surface area contributed by atoms with Gasteiger partial charge in [-0.25, -0.2) is 0 Å². The first kappa shape index (κ1) is 15.3. The van der Waals surface area contributed by atoms with E-state index in [-0.39, 0.29) is 23.0 Å². The van der Waals surface area contributed by atoms with Gasteiger partial charge in [-0.1, -0.05) is 19.9 Å². The van der Waals surface area contributed by atoms with E-state index in [0.29, 0.717) is 11.8 Å². The zero-order chi connectivity index (χ0) is 15.6. The Morgan fingerprint density at radius 3 is 2.67 bits per heavy atom. The summed E-state index contributed by atoms with van der Waals surface area (Å²) in [4.78, 5) is 22.8. The molecule has 1 aliphatic carbocycles. The van der Waals surface area contributed by atoms with Gasteiger partial charge in [-0.15, -0.1) is 0 Å². The molecule has 1 aromatic carbocycles. The van der Waals surface area contributed by atoms with E-state index in [0.717, 1.165) is 19.3 Å². The number of carbonyl (C=O) groups is 1. The summed E-state index contributed by atoms with van der Waals surface area (Å²) in [7, 11) is 0. The molecule has 1 fully saturated rings. The van der Waals surface area contributed by atoms with Gasteiger partial charge in [0.1, 0.15) is 11.3 Å². The third-order valence-electron chi connectivity index (χ3n) is 4.43. The SMILES string of the molecule is CC1CCC(NC(=O)c2cccc(N)c2[N+](=O)[O-])CC1C. The molecule has 1 aromatic rings. The van der Waals surface area contributed by atoms with Crippen LogP contribution in [0.15, 0.2) is 18.2 Å². The first-order valence-corrected chi connectivity index (χ1v) is 7.24. The fourth-order valence-corrected chi connectivity index (χ4v) is 2.89. The topological polar surface area (TPSA) is 98.3 Å². The maximum absolute atomic E-state index is 12.3. The molecule has 0 aliphatic heterocycles. The zero-order valence-corrected chi connectivity index (χ0v) is 12.3. The number of nitrogen functional groups attached to an aromatic ring is 1. The van der Waals surface area contributed by atoms with Crippen LogP contribution in [0.25, 0.3) is 0 Å². The lowest BCUT2D eigenvalue weighted by molar-refractivity contribution is -0.384. The molecule has 0 saturated heterocycles. The van der Waals surface area contributed by atoms with Gasteiger partial charge in [0.05, 0.1) is 4.92 Å². The molecule has 1 saturated carbocycles. The molecule has 3 atom stereocenters. The van der Waals surface area contributed by atoms with Crippen LogP contribution in [0.4, 0.5) is 11.4 Å². The van der Waals surface area contributed by atoms with Crippen molar-refractivity contribution in [2.75, 3.05) is 5.73 Å². The summed E-state index contributed by atoms with van der Waals surface area (Å²) < 4.78 is 0. The molecule has 2 rings (SSSR count). The van der Waals surface area contributed by atoms with Gasteiger partial charge in [0, 0.05) is 6.04 Å². The highest BCUT2D eigenvalue weighted by Gasteiger charge is 2.28. The maximum atomic E-state index is 12.3. The van der Waals surface area contributed by atoms with Crippen molar-refractivity contribution in [3.8, 4) is 0 Å². The lowest BCUT2D eigenvalue weighted by atomic mass is 9.79. The van der Waals surface area contributed by atoms with Crippen molar-refractivity contribution in [2.45, 2.75) is 39.2 Å². The molecule has 21 heavy (non-hydrogen) atoms. The Bertz CT molecular complexity index is 559. The average molecular weight is 291 g/mol. The Kier molecular flexibility index (Phi) is 4.45. The lowest BCUT2D eigenvalue weighted by Crippen LogP contribution is -2.40. The highest BCUT2D eigenvalue weighted by atomic mass is 16.6. The molecule has 1 amide bonds. The highest BCUT2D eigenvalue weighted by molar-refractivity contribution is 6.00. The van der Waals surface area contributed by atoms with Gasteiger partial charge in [0.2, 0.25) is 0 Å². The van der Waals surface area contributed by atoms with Crippen molar-refractivity contribution in [2.24, 2.45) is 11.8 Å². The lowest BCUT2D eigenvalue weighted by Gasteiger charge is -2.32. The van der Waals surface area contributed by atoms with Crippen LogP contribution in [0.2, 0.25) is 0 Å². The smallest absolute Gasteiger partial charge is 0.304 e. The normalized spacial score (nSPS) is 25.3. The Morgan fingerprint density at radius 1 is 1.33 bits per heavy atom. The first-order valence-electron chi connectivity index (χ1n) is 7.24. The number of hydrogen-bond donors (Lipinski definition) is 2. The van der Waals surface area contributed by atoms with E-state index in [1.165, 1.54) is 12.1 Å². The summed E-state index contributed by atoms with van der Waals surface area (Å²) in [6, 6.07) is 4.51. The molecule has 0 heterocycles. The Labute approximate surface area is 123 Å². The number of rotatable bonds is 3. The van der Waals surface area contributed by atoms with Crippen LogP contribution in [-0.2, 0) is 0 Å². The number of amides is 1. The molecule has 0 radical (unpaired) electrons. The van der Waals surface area contributed by atoms with Crippen LogP contribution >= 0.6 is 0 Å². The monoisotopic (exact) mass is 291 g/mol. The molecule has 114 valence electrons. The molecule has 6 nitrogen and oxygen atoms in total. The van der Waals surface area contributed by atoms with Crippen LogP contribution < -0.4 is 11.1 Å². The van der Waals surface area contributed by atoms with Crippen molar-refractivity contribution in [3.63, 3.8) is 0 Å². The van der Waals surface area contributed by atoms with Crippen LogP contribution in [-0.4, -0.2) is 16.9 Å². The number of para-hydroxylation sites is 1. The quantitative estimate of drug-likeness (QED) is 0.508. The molecule has 0 spiro atoms. The second-order valence-electron chi connectivity index (χ2n) is 5.94. The standard InChI is InChI=1S/C15H21N3O3/c1-9-6-7-11(8-10(9)2)17-15(19)12-4-3-5-13(16)14(12)18(20)21/h3-5,9-11H,6-8,16H2,1-2H3,(H,17,19). The number of nitrogens with one attached hydrogen (secondary N) is 1. The van der Waals surface area contributed by atoms with Gasteiger partial charge in [-0.3, -0.25) is 14.9 Å². The summed E-state index contributed by atoms with van der Waals surface area (Å²) in [6.45, 7) is 4.39. The molecule has 6 heteroatoms. The Morgan fingerprint density at radius 2 is 2.05 bits per heavy atom. The van der Waals surface area contributed by atoms with Crippen LogP contribution in [0.1, 0.15) is 43.5 Å². The van der Waals surface area contributed by atoms with Gasteiger partial charge >= 0.3 is 5.69 Å². The van der Waals surface area contributed by atoms with E-state index in [4.69, 9.17) is 5.73 Å². The number of nitrogens with zero attached hydrogens (tertiary/aromatic N) is 1. The van der Waals surface area contributed by atoms with E-state index in [9.17, 15) is 14.9 Å². The van der Waals surface area contributed by atoms with E-state index in [1.807, 2.05) is 0 Å². The minimum atomic E-state index is -0.601. The molecule has 0 aromatic heterocycles. The maximum Gasteiger partial charge on any atom is 0.304 e. The number of hydrogen-bond acceptors (Lipinski definition) is 4. The molecular weight excluding hydrogens is 270 g/mol. The molecule has 0 bridgehead atoms. The van der Waals surface area contributed by atoms with Gasteiger partial charge in [0.25, 0.3) is 5.91 Å². The fraction of sp³-hybridized carbons (Fsp3) is 0.533. The van der Waals surface area contributed by atoms with E-state index in [2.05, 4.69) is 19.2 Å². The van der Waals surface area contributed by atoms with Crippen molar-refractivity contribution in [3.05, 3.63) is 33.9 Å². The summed E-state index contributed by atoms with van der Waals surface area (Å²) in [6.07, 6.45) is 2.88. The highest BCUT2D eigenvalue weighted by Crippen LogP contribution is 2.30. The summed E-state index contributed by atoms with van der Waals surface area (Å²) in [5, 5.41) is 14.0. The predicted molar refractivity (Wildman–Crippen MR) is 80.9 cm³/mol. The molecule has 1 aliphatic rings. The van der Waals surface area contributed by atoms with Crippen LogP contribution in [0, 0.1) is 22.0 Å². The average Bonchev–Trinajstić information content (AvgIpc) is 2.42. The van der Waals surface area contributed by atoms with E-state index < -0.39 is 10.8 Å². The van der Waals surface area contributed by atoms with E-state index in [1.54, 1.807) is 6.07 Å². The predicted octanol–water partition coefficient (Wildman–Crippen LogP) is 2.73. The van der Waals surface area contributed by atoms with Crippen molar-refractivity contribution in [1.82, 2.24) is 5.32 Å². The minimum Gasteiger partial charge on any atom is -0.393 e.